The van der Waals surface area contributed by atoms with Crippen LogP contribution in [-0.4, -0.2) is 29.8 Å². The van der Waals surface area contributed by atoms with Gasteiger partial charge in [0, 0.05) is 22.6 Å². The van der Waals surface area contributed by atoms with Gasteiger partial charge >= 0.3 is 0 Å². The van der Waals surface area contributed by atoms with E-state index in [1.54, 1.807) is 31.2 Å². The van der Waals surface area contributed by atoms with Crippen LogP contribution in [0.25, 0.3) is 0 Å². The number of rotatable bonds is 9. The lowest BCUT2D eigenvalue weighted by molar-refractivity contribution is -0.114. The van der Waals surface area contributed by atoms with Crippen LogP contribution >= 0.6 is 11.8 Å². The molecule has 0 saturated carbocycles. The lowest BCUT2D eigenvalue weighted by Crippen LogP contribution is -2.31. The molecule has 0 unspecified atom stereocenters. The molecule has 0 aliphatic carbocycles. The maximum Gasteiger partial charge on any atom is 0.254 e. The number of amides is 2. The first-order chi connectivity index (χ1) is 19.8. The molecular formula is C32H32N4O4S. The number of thioether (sulfide) groups is 1. The topological polar surface area (TPSA) is 123 Å². The van der Waals surface area contributed by atoms with E-state index in [0.717, 1.165) is 23.2 Å². The van der Waals surface area contributed by atoms with E-state index in [1.807, 2.05) is 50.2 Å². The van der Waals surface area contributed by atoms with Gasteiger partial charge in [-0.3, -0.25) is 9.59 Å². The highest BCUT2D eigenvalue weighted by atomic mass is 32.2. The number of carbonyl (C=O) groups is 2. The van der Waals surface area contributed by atoms with Gasteiger partial charge in [0.05, 0.1) is 35.5 Å². The average molecular weight is 569 g/mol. The highest BCUT2D eigenvalue weighted by molar-refractivity contribution is 8.03. The number of nitriles is 1. The fourth-order valence-electron chi connectivity index (χ4n) is 4.77. The van der Waals surface area contributed by atoms with Crippen LogP contribution in [-0.2, 0) is 16.0 Å². The van der Waals surface area contributed by atoms with Gasteiger partial charge in [-0.2, -0.15) is 5.26 Å². The third-order valence-electron chi connectivity index (χ3n) is 6.81. The Morgan fingerprint density at radius 3 is 2.51 bits per heavy atom. The predicted molar refractivity (Wildman–Crippen MR) is 163 cm³/mol. The van der Waals surface area contributed by atoms with Crippen molar-refractivity contribution < 1.29 is 19.4 Å². The number of dihydropyridines is 1. The number of phenols is 1. The third-order valence-corrected chi connectivity index (χ3v) is 7.83. The number of allylic oxidation sites excluding steroid dienone is 2. The molecule has 3 aromatic rings. The number of methoxy groups -OCH3 is 1. The summed E-state index contributed by atoms with van der Waals surface area (Å²) in [5.74, 6) is -1.14. The Hall–Kier alpha value is -4.68. The van der Waals surface area contributed by atoms with E-state index in [0.29, 0.717) is 27.6 Å². The first-order valence-electron chi connectivity index (χ1n) is 13.1. The molecule has 0 bridgehead atoms. The molecule has 8 nitrogen and oxygen atoms in total. The second kappa shape index (κ2) is 13.1. The number of ether oxygens (including phenoxy) is 1. The van der Waals surface area contributed by atoms with Gasteiger partial charge in [0.15, 0.2) is 11.5 Å². The standard InChI is InChI=1S/C32H32N4O4S/c1-5-21-11-9-10-19(2)30(21)36-27(38)18-41-32-24(17-33)29(22-14-15-25(37)26(16-22)40-4)28(20(3)34-32)31(39)35-23-12-7-6-8-13-23/h6-16,29,34,37H,5,18H2,1-4H3,(H,35,39)(H,36,38)/t29-/m1/s1. The summed E-state index contributed by atoms with van der Waals surface area (Å²) in [5, 5.41) is 30.2. The Morgan fingerprint density at radius 2 is 1.83 bits per heavy atom. The second-order valence-corrected chi connectivity index (χ2v) is 10.5. The molecule has 0 fully saturated rings. The Morgan fingerprint density at radius 1 is 1.07 bits per heavy atom. The molecule has 4 N–H and O–H groups in total. The van der Waals surface area contributed by atoms with Gasteiger partial charge in [-0.1, -0.05) is 61.2 Å². The van der Waals surface area contributed by atoms with Gasteiger partial charge in [0.1, 0.15) is 0 Å². The minimum atomic E-state index is -0.770. The third kappa shape index (κ3) is 6.56. The molecule has 0 aromatic heterocycles. The van der Waals surface area contributed by atoms with Gasteiger partial charge in [-0.15, -0.1) is 0 Å². The van der Waals surface area contributed by atoms with E-state index in [2.05, 4.69) is 22.0 Å². The van der Waals surface area contributed by atoms with Crippen molar-refractivity contribution in [3.05, 3.63) is 105 Å². The Kier molecular flexibility index (Phi) is 9.37. The number of benzene rings is 3. The normalized spacial score (nSPS) is 14.7. The number of hydrogen-bond acceptors (Lipinski definition) is 7. The number of para-hydroxylation sites is 2. The molecule has 0 saturated heterocycles. The van der Waals surface area contributed by atoms with Crippen LogP contribution in [0.2, 0.25) is 0 Å². The van der Waals surface area contributed by atoms with Crippen LogP contribution in [0.3, 0.4) is 0 Å². The molecule has 1 heterocycles. The molecule has 1 aliphatic rings. The maximum atomic E-state index is 13.6. The highest BCUT2D eigenvalue weighted by Gasteiger charge is 2.35. The minimum Gasteiger partial charge on any atom is -0.504 e. The van der Waals surface area contributed by atoms with Crippen LogP contribution in [0.4, 0.5) is 11.4 Å². The molecule has 41 heavy (non-hydrogen) atoms. The summed E-state index contributed by atoms with van der Waals surface area (Å²) in [6, 6.07) is 22.0. The van der Waals surface area contributed by atoms with Crippen LogP contribution in [0.5, 0.6) is 11.5 Å². The SMILES string of the molecule is CCc1cccc(C)c1NC(=O)CSC1=C(C#N)[C@@H](c2ccc(O)c(OC)c2)C(C(=O)Nc2ccccc2)=C(C)N1. The second-order valence-electron chi connectivity index (χ2n) is 9.50. The summed E-state index contributed by atoms with van der Waals surface area (Å²) in [6.45, 7) is 5.75. The largest absolute Gasteiger partial charge is 0.504 e. The molecule has 210 valence electrons. The van der Waals surface area contributed by atoms with Crippen LogP contribution in [0.1, 0.15) is 36.5 Å². The molecule has 0 spiro atoms. The smallest absolute Gasteiger partial charge is 0.254 e. The minimum absolute atomic E-state index is 0.0510. The molecule has 3 aromatic carbocycles. The van der Waals surface area contributed by atoms with Gasteiger partial charge in [-0.05, 0) is 61.2 Å². The van der Waals surface area contributed by atoms with Crippen molar-refractivity contribution in [2.75, 3.05) is 23.5 Å². The monoisotopic (exact) mass is 568 g/mol. The van der Waals surface area contributed by atoms with Crippen LogP contribution < -0.4 is 20.7 Å². The van der Waals surface area contributed by atoms with Crippen molar-refractivity contribution in [3.8, 4) is 17.6 Å². The number of aryl methyl sites for hydroxylation is 2. The van der Waals surface area contributed by atoms with Crippen LogP contribution in [0.15, 0.2) is 88.6 Å². The Bertz CT molecular complexity index is 1570. The van der Waals surface area contributed by atoms with Crippen molar-refractivity contribution in [1.29, 1.82) is 5.26 Å². The first-order valence-corrected chi connectivity index (χ1v) is 14.1. The zero-order valence-corrected chi connectivity index (χ0v) is 24.2. The number of carbonyl (C=O) groups excluding carboxylic acids is 2. The van der Waals surface area contributed by atoms with E-state index in [-0.39, 0.29) is 34.6 Å². The van der Waals surface area contributed by atoms with Gasteiger partial charge in [0.2, 0.25) is 5.91 Å². The molecule has 1 atom stereocenters. The summed E-state index contributed by atoms with van der Waals surface area (Å²) < 4.78 is 5.32. The molecule has 0 radical (unpaired) electrons. The zero-order valence-electron chi connectivity index (χ0n) is 23.4. The molecule has 1 aliphatic heterocycles. The average Bonchev–Trinajstić information content (AvgIpc) is 2.97. The maximum absolute atomic E-state index is 13.6. The number of anilines is 2. The first kappa shape index (κ1) is 29.3. The van der Waals surface area contributed by atoms with Gasteiger partial charge < -0.3 is 25.8 Å². The van der Waals surface area contributed by atoms with Crippen molar-refractivity contribution >= 4 is 35.0 Å². The van der Waals surface area contributed by atoms with Gasteiger partial charge in [0.25, 0.3) is 5.91 Å². The summed E-state index contributed by atoms with van der Waals surface area (Å²) in [7, 11) is 1.44. The quantitative estimate of drug-likeness (QED) is 0.250. The van der Waals surface area contributed by atoms with Crippen LogP contribution in [0, 0.1) is 18.3 Å². The predicted octanol–water partition coefficient (Wildman–Crippen LogP) is 5.98. The number of aromatic hydroxyl groups is 1. The van der Waals surface area contributed by atoms with Gasteiger partial charge in [-0.25, -0.2) is 0 Å². The lowest BCUT2D eigenvalue weighted by atomic mass is 9.82. The van der Waals surface area contributed by atoms with E-state index in [4.69, 9.17) is 4.74 Å². The highest BCUT2D eigenvalue weighted by Crippen LogP contribution is 2.43. The van der Waals surface area contributed by atoms with Crippen molar-refractivity contribution in [2.45, 2.75) is 33.1 Å². The fourth-order valence-corrected chi connectivity index (χ4v) is 5.66. The number of phenolic OH excluding ortho intramolecular Hbond substituents is 1. The zero-order chi connectivity index (χ0) is 29.5. The molecular weight excluding hydrogens is 536 g/mol. The van der Waals surface area contributed by atoms with E-state index < -0.39 is 5.92 Å². The van der Waals surface area contributed by atoms with Crippen molar-refractivity contribution in [2.24, 2.45) is 0 Å². The molecule has 9 heteroatoms. The number of nitrogens with one attached hydrogen (secondary N) is 3. The Labute approximate surface area is 244 Å². The molecule has 4 rings (SSSR count). The molecule has 2 amide bonds. The van der Waals surface area contributed by atoms with Crippen molar-refractivity contribution in [3.63, 3.8) is 0 Å². The number of hydrogen-bond donors (Lipinski definition) is 4. The summed E-state index contributed by atoms with van der Waals surface area (Å²) in [4.78, 5) is 26.6. The lowest BCUT2D eigenvalue weighted by Gasteiger charge is -2.30. The summed E-state index contributed by atoms with van der Waals surface area (Å²) >= 11 is 1.20. The fraction of sp³-hybridized carbons (Fsp3) is 0.219. The van der Waals surface area contributed by atoms with E-state index >= 15 is 0 Å². The van der Waals surface area contributed by atoms with E-state index in [9.17, 15) is 20.0 Å². The summed E-state index contributed by atoms with van der Waals surface area (Å²) in [6.07, 6.45) is 0.783. The Balaban J connectivity index is 1.68. The number of nitrogens with zero attached hydrogens (tertiary/aromatic N) is 1. The van der Waals surface area contributed by atoms with E-state index in [1.165, 1.54) is 24.9 Å². The van der Waals surface area contributed by atoms with Crippen molar-refractivity contribution in [1.82, 2.24) is 5.32 Å². The summed E-state index contributed by atoms with van der Waals surface area (Å²) in [5.41, 5.74) is 5.20.